The number of urea groups is 1. The SMILES string of the molecule is COC(=O)c1ccc(CN2C(=O)N/C(=C/c3cc(Cl)cc(OC)c3OCC#N)C2=O)o1. The van der Waals surface area contributed by atoms with Crippen LogP contribution in [0.1, 0.15) is 21.9 Å². The van der Waals surface area contributed by atoms with Crippen LogP contribution in [0.2, 0.25) is 5.02 Å². The van der Waals surface area contributed by atoms with E-state index in [-0.39, 0.29) is 41.9 Å². The van der Waals surface area contributed by atoms with E-state index in [9.17, 15) is 14.4 Å². The number of rotatable bonds is 7. The van der Waals surface area contributed by atoms with E-state index in [2.05, 4.69) is 10.1 Å². The Kier molecular flexibility index (Phi) is 6.47. The van der Waals surface area contributed by atoms with Crippen LogP contribution in [0.15, 0.2) is 34.4 Å². The van der Waals surface area contributed by atoms with Gasteiger partial charge in [0, 0.05) is 16.7 Å². The Morgan fingerprint density at radius 1 is 1.32 bits per heavy atom. The lowest BCUT2D eigenvalue weighted by Gasteiger charge is -2.12. The van der Waals surface area contributed by atoms with Crippen LogP contribution in [0.25, 0.3) is 6.08 Å². The quantitative estimate of drug-likeness (QED) is 0.391. The van der Waals surface area contributed by atoms with Crippen molar-refractivity contribution in [2.75, 3.05) is 20.8 Å². The number of hydrogen-bond donors (Lipinski definition) is 1. The molecule has 1 aliphatic heterocycles. The predicted octanol–water partition coefficient (Wildman–Crippen LogP) is 2.72. The third-order valence-corrected chi connectivity index (χ3v) is 4.39. The number of nitrogens with one attached hydrogen (secondary N) is 1. The monoisotopic (exact) mass is 445 g/mol. The maximum absolute atomic E-state index is 12.8. The summed E-state index contributed by atoms with van der Waals surface area (Å²) in [7, 11) is 2.61. The minimum absolute atomic E-state index is 0.0455. The number of carbonyl (C=O) groups excluding carboxylic acids is 3. The van der Waals surface area contributed by atoms with Gasteiger partial charge in [-0.1, -0.05) is 11.6 Å². The van der Waals surface area contributed by atoms with Gasteiger partial charge < -0.3 is 23.9 Å². The molecule has 0 unspecified atom stereocenters. The lowest BCUT2D eigenvalue weighted by atomic mass is 10.1. The molecule has 160 valence electrons. The molecular formula is C20H16ClN3O7. The number of benzene rings is 1. The van der Waals surface area contributed by atoms with Gasteiger partial charge in [0.05, 0.1) is 20.8 Å². The molecule has 0 saturated carbocycles. The summed E-state index contributed by atoms with van der Waals surface area (Å²) >= 11 is 6.10. The smallest absolute Gasteiger partial charge is 0.373 e. The predicted molar refractivity (Wildman–Crippen MR) is 106 cm³/mol. The van der Waals surface area contributed by atoms with E-state index in [1.165, 1.54) is 44.6 Å². The van der Waals surface area contributed by atoms with Gasteiger partial charge in [-0.25, -0.2) is 9.59 Å². The molecule has 0 radical (unpaired) electrons. The number of amides is 3. The fourth-order valence-electron chi connectivity index (χ4n) is 2.81. The summed E-state index contributed by atoms with van der Waals surface area (Å²) in [5.41, 5.74) is 0.284. The first kappa shape index (κ1) is 21.7. The maximum Gasteiger partial charge on any atom is 0.373 e. The third kappa shape index (κ3) is 4.62. The molecule has 3 rings (SSSR count). The number of hydrogen-bond acceptors (Lipinski definition) is 8. The number of imide groups is 1. The summed E-state index contributed by atoms with van der Waals surface area (Å²) in [6, 6.07) is 7.01. The molecule has 1 aliphatic rings. The van der Waals surface area contributed by atoms with E-state index >= 15 is 0 Å². The fourth-order valence-corrected chi connectivity index (χ4v) is 3.02. The Bertz CT molecular complexity index is 1120. The van der Waals surface area contributed by atoms with E-state index in [4.69, 9.17) is 30.8 Å². The number of methoxy groups -OCH3 is 2. The molecule has 10 nitrogen and oxygen atoms in total. The van der Waals surface area contributed by atoms with E-state index in [0.717, 1.165) is 4.90 Å². The van der Waals surface area contributed by atoms with Crippen molar-refractivity contribution in [1.29, 1.82) is 5.26 Å². The molecule has 1 aromatic carbocycles. The summed E-state index contributed by atoms with van der Waals surface area (Å²) in [6.45, 7) is -0.461. The highest BCUT2D eigenvalue weighted by Crippen LogP contribution is 2.36. The fraction of sp³-hybridized carbons (Fsp3) is 0.200. The highest BCUT2D eigenvalue weighted by atomic mass is 35.5. The van der Waals surface area contributed by atoms with Gasteiger partial charge in [-0.05, 0) is 24.3 Å². The van der Waals surface area contributed by atoms with Crippen LogP contribution in [0, 0.1) is 11.3 Å². The van der Waals surface area contributed by atoms with Gasteiger partial charge in [-0.3, -0.25) is 9.69 Å². The van der Waals surface area contributed by atoms with Gasteiger partial charge in [0.25, 0.3) is 5.91 Å². The van der Waals surface area contributed by atoms with Gasteiger partial charge in [0.2, 0.25) is 5.76 Å². The van der Waals surface area contributed by atoms with E-state index in [1.807, 2.05) is 6.07 Å². The van der Waals surface area contributed by atoms with Crippen molar-refractivity contribution in [1.82, 2.24) is 10.2 Å². The van der Waals surface area contributed by atoms with Crippen molar-refractivity contribution >= 4 is 35.6 Å². The number of nitrogens with zero attached hydrogens (tertiary/aromatic N) is 2. The number of halogens is 1. The highest BCUT2D eigenvalue weighted by Gasteiger charge is 2.34. The lowest BCUT2D eigenvalue weighted by Crippen LogP contribution is -2.30. The summed E-state index contributed by atoms with van der Waals surface area (Å²) in [4.78, 5) is 37.5. The molecule has 0 aliphatic carbocycles. The number of esters is 1. The van der Waals surface area contributed by atoms with Gasteiger partial charge in [0.15, 0.2) is 18.1 Å². The first-order chi connectivity index (χ1) is 14.9. The zero-order chi connectivity index (χ0) is 22.5. The second-order valence-electron chi connectivity index (χ2n) is 6.11. The van der Waals surface area contributed by atoms with Crippen molar-refractivity contribution in [3.05, 3.63) is 52.1 Å². The molecule has 31 heavy (non-hydrogen) atoms. The first-order valence-corrected chi connectivity index (χ1v) is 9.14. The van der Waals surface area contributed by atoms with Crippen LogP contribution in [0.4, 0.5) is 4.79 Å². The van der Waals surface area contributed by atoms with Crippen molar-refractivity contribution in [3.8, 4) is 17.6 Å². The summed E-state index contributed by atoms with van der Waals surface area (Å²) in [5.74, 6) is -0.697. The van der Waals surface area contributed by atoms with Crippen molar-refractivity contribution in [3.63, 3.8) is 0 Å². The Labute approximate surface area is 181 Å². The normalized spacial score (nSPS) is 14.4. The zero-order valence-electron chi connectivity index (χ0n) is 16.4. The molecule has 11 heteroatoms. The Morgan fingerprint density at radius 2 is 2.10 bits per heavy atom. The van der Waals surface area contributed by atoms with Crippen LogP contribution in [0.5, 0.6) is 11.5 Å². The second-order valence-corrected chi connectivity index (χ2v) is 6.55. The highest BCUT2D eigenvalue weighted by molar-refractivity contribution is 6.31. The summed E-state index contributed by atoms with van der Waals surface area (Å²) in [6.07, 6.45) is 1.36. The number of furan rings is 1. The van der Waals surface area contributed by atoms with Gasteiger partial charge >= 0.3 is 12.0 Å². The van der Waals surface area contributed by atoms with E-state index in [1.54, 1.807) is 0 Å². The number of ether oxygens (including phenoxy) is 3. The van der Waals surface area contributed by atoms with Crippen molar-refractivity contribution in [2.45, 2.75) is 6.54 Å². The molecule has 1 saturated heterocycles. The van der Waals surface area contributed by atoms with Gasteiger partial charge in [-0.2, -0.15) is 5.26 Å². The van der Waals surface area contributed by atoms with E-state index in [0.29, 0.717) is 10.6 Å². The molecule has 2 aromatic rings. The molecule has 1 N–H and O–H groups in total. The standard InChI is InChI=1S/C20H16ClN3O7/c1-28-16-9-12(21)7-11(17(16)30-6-5-22)8-14-18(25)24(20(27)23-14)10-13-3-4-15(31-13)19(26)29-2/h3-4,7-9H,6,10H2,1-2H3,(H,23,27)/b14-8+. The topological polar surface area (TPSA) is 131 Å². The minimum Gasteiger partial charge on any atom is -0.493 e. The number of carbonyl (C=O) groups is 3. The maximum atomic E-state index is 12.8. The van der Waals surface area contributed by atoms with Crippen LogP contribution in [-0.2, 0) is 16.1 Å². The Morgan fingerprint density at radius 3 is 2.77 bits per heavy atom. The largest absolute Gasteiger partial charge is 0.493 e. The van der Waals surface area contributed by atoms with Crippen molar-refractivity contribution in [2.24, 2.45) is 0 Å². The molecule has 3 amide bonds. The molecule has 0 spiro atoms. The minimum atomic E-state index is -0.680. The van der Waals surface area contributed by atoms with Crippen LogP contribution in [-0.4, -0.2) is 43.6 Å². The molecular weight excluding hydrogens is 430 g/mol. The van der Waals surface area contributed by atoms with E-state index < -0.39 is 17.9 Å². The Hall–Kier alpha value is -3.97. The number of nitriles is 1. The van der Waals surface area contributed by atoms with Crippen LogP contribution < -0.4 is 14.8 Å². The second kappa shape index (κ2) is 9.23. The zero-order valence-corrected chi connectivity index (χ0v) is 17.2. The molecule has 1 aromatic heterocycles. The summed E-state index contributed by atoms with van der Waals surface area (Å²) < 4.78 is 20.5. The molecule has 0 atom stereocenters. The molecule has 2 heterocycles. The van der Waals surface area contributed by atoms with Crippen molar-refractivity contribution < 1.29 is 33.0 Å². The van der Waals surface area contributed by atoms with Crippen LogP contribution in [0.3, 0.4) is 0 Å². The van der Waals surface area contributed by atoms with Gasteiger partial charge in [-0.15, -0.1) is 0 Å². The Balaban J connectivity index is 1.88. The lowest BCUT2D eigenvalue weighted by molar-refractivity contribution is -0.123. The third-order valence-electron chi connectivity index (χ3n) is 4.17. The average Bonchev–Trinajstić information content (AvgIpc) is 3.32. The summed E-state index contributed by atoms with van der Waals surface area (Å²) in [5, 5.41) is 11.6. The van der Waals surface area contributed by atoms with Gasteiger partial charge in [0.1, 0.15) is 17.5 Å². The molecule has 1 fully saturated rings. The first-order valence-electron chi connectivity index (χ1n) is 8.76. The molecule has 0 bridgehead atoms. The van der Waals surface area contributed by atoms with Crippen LogP contribution >= 0.6 is 11.6 Å². The average molecular weight is 446 g/mol.